The molecule has 2 aromatic heterocycles. The zero-order chi connectivity index (χ0) is 24.1. The average Bonchev–Trinajstić information content (AvgIpc) is 3.52. The molecule has 2 fully saturated rings. The summed E-state index contributed by atoms with van der Waals surface area (Å²) in [5.41, 5.74) is 1.36. The molecule has 0 atom stereocenters. The van der Waals surface area contributed by atoms with Crippen molar-refractivity contribution in [2.45, 2.75) is 31.8 Å². The van der Waals surface area contributed by atoms with Crippen molar-refractivity contribution in [3.8, 4) is 5.75 Å². The number of nitrogens with one attached hydrogen (secondary N) is 2. The summed E-state index contributed by atoms with van der Waals surface area (Å²) in [6.07, 6.45) is 2.43. The zero-order valence-electron chi connectivity index (χ0n) is 19.1. The lowest BCUT2D eigenvalue weighted by Gasteiger charge is -2.36. The van der Waals surface area contributed by atoms with Crippen LogP contribution in [0.4, 0.5) is 14.5 Å². The van der Waals surface area contributed by atoms with Crippen molar-refractivity contribution in [3.63, 3.8) is 0 Å². The highest BCUT2D eigenvalue weighted by molar-refractivity contribution is 5.93. The molecule has 0 bridgehead atoms. The minimum Gasteiger partial charge on any atom is -0.492 e. The number of anilines is 1. The van der Waals surface area contributed by atoms with Crippen molar-refractivity contribution in [1.82, 2.24) is 20.2 Å². The maximum atomic E-state index is 15.3. The number of hydrogen-bond acceptors (Lipinski definition) is 6. The molecular formula is C25H25F2N5O3. The van der Waals surface area contributed by atoms with Gasteiger partial charge in [-0.05, 0) is 31.0 Å². The van der Waals surface area contributed by atoms with Crippen LogP contribution in [0.1, 0.15) is 34.5 Å². The van der Waals surface area contributed by atoms with Gasteiger partial charge in [0.1, 0.15) is 11.4 Å². The minimum atomic E-state index is -0.666. The van der Waals surface area contributed by atoms with Gasteiger partial charge in [-0.25, -0.2) is 9.37 Å². The van der Waals surface area contributed by atoms with Crippen LogP contribution in [0.3, 0.4) is 0 Å². The van der Waals surface area contributed by atoms with E-state index in [9.17, 15) is 14.0 Å². The number of carbonyl (C=O) groups is 1. The molecule has 1 aliphatic carbocycles. The van der Waals surface area contributed by atoms with Crippen LogP contribution in [0.5, 0.6) is 5.75 Å². The van der Waals surface area contributed by atoms with Gasteiger partial charge >= 0.3 is 0 Å². The monoisotopic (exact) mass is 481 g/mol. The topological polar surface area (TPSA) is 90.6 Å². The molecule has 3 aromatic rings. The smallest absolute Gasteiger partial charge is 0.270 e. The van der Waals surface area contributed by atoms with Crippen molar-refractivity contribution in [2.24, 2.45) is 0 Å². The molecular weight excluding hydrogens is 456 g/mol. The van der Waals surface area contributed by atoms with Crippen LogP contribution in [0.25, 0.3) is 10.9 Å². The Hall–Kier alpha value is -3.53. The Bertz CT molecular complexity index is 1380. The Labute approximate surface area is 199 Å². The number of ether oxygens (including phenoxy) is 1. The van der Waals surface area contributed by atoms with Crippen molar-refractivity contribution in [3.05, 3.63) is 63.2 Å². The number of pyridine rings is 2. The van der Waals surface area contributed by atoms with Gasteiger partial charge in [0, 0.05) is 56.1 Å². The van der Waals surface area contributed by atoms with Gasteiger partial charge in [-0.2, -0.15) is 4.39 Å². The predicted octanol–water partition coefficient (Wildman–Crippen LogP) is 2.35. The van der Waals surface area contributed by atoms with Crippen LogP contribution in [-0.4, -0.2) is 59.6 Å². The molecule has 1 saturated heterocycles. The van der Waals surface area contributed by atoms with Gasteiger partial charge in [-0.3, -0.25) is 14.5 Å². The molecule has 6 rings (SSSR count). The lowest BCUT2D eigenvalue weighted by Crippen LogP contribution is -2.46. The van der Waals surface area contributed by atoms with Crippen molar-refractivity contribution < 1.29 is 18.3 Å². The number of amides is 1. The van der Waals surface area contributed by atoms with Crippen LogP contribution in [0.15, 0.2) is 29.1 Å². The second-order valence-electron chi connectivity index (χ2n) is 9.34. The van der Waals surface area contributed by atoms with Gasteiger partial charge < -0.3 is 19.9 Å². The lowest BCUT2D eigenvalue weighted by molar-refractivity contribution is 0.0945. The molecule has 1 amide bonds. The molecule has 4 heterocycles. The van der Waals surface area contributed by atoms with Crippen LogP contribution >= 0.6 is 0 Å². The van der Waals surface area contributed by atoms with Crippen LogP contribution < -0.4 is 20.5 Å². The van der Waals surface area contributed by atoms with Crippen LogP contribution in [0.2, 0.25) is 0 Å². The summed E-state index contributed by atoms with van der Waals surface area (Å²) < 4.78 is 35.6. The standard InChI is InChI=1S/C25H25F2N5O3/c26-20-14(1-4-16-21(20)30-24(33)17-7-12-35-22(16)17)13-31-8-10-32(11-9-31)19-6-5-18(29-23(19)27)25(34)28-15-2-3-15/h1,4-6,15H,2-3,7-13H2,(H,28,34)(H,30,33). The molecule has 2 aliphatic heterocycles. The first-order valence-corrected chi connectivity index (χ1v) is 11.9. The molecule has 0 unspecified atom stereocenters. The Balaban J connectivity index is 1.13. The number of aromatic nitrogens is 2. The Morgan fingerprint density at radius 3 is 2.69 bits per heavy atom. The van der Waals surface area contributed by atoms with Gasteiger partial charge in [0.2, 0.25) is 5.95 Å². The molecule has 35 heavy (non-hydrogen) atoms. The van der Waals surface area contributed by atoms with Gasteiger partial charge in [0.05, 0.1) is 23.4 Å². The van der Waals surface area contributed by atoms with Gasteiger partial charge in [-0.15, -0.1) is 0 Å². The number of H-pyrrole nitrogens is 1. The SMILES string of the molecule is O=C(NC1CC1)c1ccc(N2CCN(Cc3ccc4c5c(c(=O)[nH]c4c3F)CCO5)CC2)c(F)n1. The molecule has 182 valence electrons. The fraction of sp³-hybridized carbons (Fsp3) is 0.400. The van der Waals surface area contributed by atoms with E-state index >= 15 is 4.39 Å². The van der Waals surface area contributed by atoms with E-state index in [0.29, 0.717) is 73.7 Å². The summed E-state index contributed by atoms with van der Waals surface area (Å²) in [5, 5.41) is 3.39. The molecule has 8 nitrogen and oxygen atoms in total. The van der Waals surface area contributed by atoms with E-state index in [0.717, 1.165) is 12.8 Å². The molecule has 2 N–H and O–H groups in total. The number of hydrogen-bond donors (Lipinski definition) is 2. The molecule has 10 heteroatoms. The highest BCUT2D eigenvalue weighted by Gasteiger charge is 2.27. The second kappa shape index (κ2) is 8.60. The third kappa shape index (κ3) is 4.12. The van der Waals surface area contributed by atoms with E-state index in [-0.39, 0.29) is 28.7 Å². The Morgan fingerprint density at radius 1 is 1.14 bits per heavy atom. The highest BCUT2D eigenvalue weighted by atomic mass is 19.1. The average molecular weight is 482 g/mol. The maximum absolute atomic E-state index is 15.3. The first-order chi connectivity index (χ1) is 17.0. The number of fused-ring (bicyclic) bond motifs is 3. The first-order valence-electron chi connectivity index (χ1n) is 11.9. The number of rotatable bonds is 5. The van der Waals surface area contributed by atoms with E-state index < -0.39 is 11.8 Å². The predicted molar refractivity (Wildman–Crippen MR) is 126 cm³/mol. The normalized spacial score (nSPS) is 17.9. The van der Waals surface area contributed by atoms with Crippen LogP contribution in [-0.2, 0) is 13.0 Å². The highest BCUT2D eigenvalue weighted by Crippen LogP contribution is 2.33. The number of halogens is 2. The fourth-order valence-electron chi connectivity index (χ4n) is 4.82. The van der Waals surface area contributed by atoms with E-state index in [1.54, 1.807) is 24.3 Å². The summed E-state index contributed by atoms with van der Waals surface area (Å²) in [7, 11) is 0. The van der Waals surface area contributed by atoms with Crippen molar-refractivity contribution in [2.75, 3.05) is 37.7 Å². The second-order valence-corrected chi connectivity index (χ2v) is 9.34. The van der Waals surface area contributed by atoms with E-state index in [1.165, 1.54) is 0 Å². The maximum Gasteiger partial charge on any atom is 0.270 e. The summed E-state index contributed by atoms with van der Waals surface area (Å²) >= 11 is 0. The number of nitrogens with zero attached hydrogens (tertiary/aromatic N) is 3. The zero-order valence-corrected chi connectivity index (χ0v) is 19.1. The first kappa shape index (κ1) is 22.0. The molecule has 3 aliphatic rings. The number of carbonyl (C=O) groups excluding carboxylic acids is 1. The quantitative estimate of drug-likeness (QED) is 0.544. The number of aromatic amines is 1. The Kier molecular flexibility index (Phi) is 5.40. The third-order valence-corrected chi connectivity index (χ3v) is 6.93. The fourth-order valence-corrected chi connectivity index (χ4v) is 4.82. The van der Waals surface area contributed by atoms with Gasteiger partial charge in [0.25, 0.3) is 11.5 Å². The van der Waals surface area contributed by atoms with Crippen molar-refractivity contribution in [1.29, 1.82) is 0 Å². The molecule has 0 radical (unpaired) electrons. The van der Waals surface area contributed by atoms with E-state index in [1.807, 2.05) is 4.90 Å². The molecule has 1 saturated carbocycles. The minimum absolute atomic E-state index is 0.0812. The van der Waals surface area contributed by atoms with Gasteiger partial charge in [0.15, 0.2) is 5.82 Å². The summed E-state index contributed by atoms with van der Waals surface area (Å²) in [5.74, 6) is -0.982. The Morgan fingerprint density at radius 2 is 1.94 bits per heavy atom. The summed E-state index contributed by atoms with van der Waals surface area (Å²) in [4.78, 5) is 34.9. The van der Waals surface area contributed by atoms with Crippen molar-refractivity contribution >= 4 is 22.5 Å². The number of piperazine rings is 1. The van der Waals surface area contributed by atoms with E-state index in [2.05, 4.69) is 20.2 Å². The summed E-state index contributed by atoms with van der Waals surface area (Å²) in [6.45, 7) is 3.09. The molecule has 1 aromatic carbocycles. The third-order valence-electron chi connectivity index (χ3n) is 6.93. The largest absolute Gasteiger partial charge is 0.492 e. The molecule has 0 spiro atoms. The van der Waals surface area contributed by atoms with E-state index in [4.69, 9.17) is 4.74 Å². The van der Waals surface area contributed by atoms with Crippen LogP contribution in [0, 0.1) is 11.8 Å². The number of benzene rings is 1. The van der Waals surface area contributed by atoms with Gasteiger partial charge in [-0.1, -0.05) is 6.07 Å². The lowest BCUT2D eigenvalue weighted by atomic mass is 10.1. The summed E-state index contributed by atoms with van der Waals surface area (Å²) in [6, 6.07) is 6.86.